The molecular weight excluding hydrogens is 253 g/mol. The molecule has 2 rings (SSSR count). The Morgan fingerprint density at radius 2 is 1.70 bits per heavy atom. The lowest BCUT2D eigenvalue weighted by molar-refractivity contribution is 0.00578. The first-order valence-corrected chi connectivity index (χ1v) is 6.86. The molecule has 0 radical (unpaired) electrons. The molecule has 1 fully saturated rings. The van der Waals surface area contributed by atoms with Gasteiger partial charge in [-0.3, -0.25) is 4.79 Å². The first-order chi connectivity index (χ1) is 9.18. The van der Waals surface area contributed by atoms with Gasteiger partial charge in [0.25, 0.3) is 5.91 Å². The Morgan fingerprint density at radius 3 is 2.15 bits per heavy atom. The Hall–Kier alpha value is -1.33. The molecule has 1 aromatic carbocycles. The molecule has 0 atom stereocenters. The first-order valence-electron chi connectivity index (χ1n) is 6.86. The predicted octanol–water partition coefficient (Wildman–Crippen LogP) is 1.65. The molecule has 20 heavy (non-hydrogen) atoms. The molecule has 0 unspecified atom stereocenters. The molecule has 0 spiro atoms. The van der Waals surface area contributed by atoms with Crippen LogP contribution in [0.3, 0.4) is 0 Å². The van der Waals surface area contributed by atoms with E-state index < -0.39 is 7.12 Å². The molecule has 0 saturated carbocycles. The number of aryl methyl sites for hydroxylation is 1. The van der Waals surface area contributed by atoms with Crippen molar-refractivity contribution < 1.29 is 14.1 Å². The van der Waals surface area contributed by atoms with E-state index in [9.17, 15) is 4.79 Å². The van der Waals surface area contributed by atoms with E-state index in [1.807, 2.05) is 52.8 Å². The molecule has 4 nitrogen and oxygen atoms in total. The van der Waals surface area contributed by atoms with Crippen molar-refractivity contribution in [1.82, 2.24) is 5.32 Å². The van der Waals surface area contributed by atoms with E-state index in [1.165, 1.54) is 0 Å². The fourth-order valence-corrected chi connectivity index (χ4v) is 2.20. The van der Waals surface area contributed by atoms with Gasteiger partial charge in [-0.1, -0.05) is 12.1 Å². The fraction of sp³-hybridized carbons (Fsp3) is 0.533. The molecule has 0 aromatic heterocycles. The minimum absolute atomic E-state index is 0.0806. The third-order valence-corrected chi connectivity index (χ3v) is 4.25. The summed E-state index contributed by atoms with van der Waals surface area (Å²) in [4.78, 5) is 11.7. The summed E-state index contributed by atoms with van der Waals surface area (Å²) in [6.07, 6.45) is 0. The van der Waals surface area contributed by atoms with Gasteiger partial charge >= 0.3 is 7.12 Å². The molecule has 108 valence electrons. The number of carbonyl (C=O) groups excluding carboxylic acids is 1. The summed E-state index contributed by atoms with van der Waals surface area (Å²) in [6, 6.07) is 5.65. The maximum Gasteiger partial charge on any atom is 0.494 e. The summed E-state index contributed by atoms with van der Waals surface area (Å²) in [5.74, 6) is -0.0806. The topological polar surface area (TPSA) is 47.6 Å². The fourth-order valence-electron chi connectivity index (χ4n) is 2.20. The summed E-state index contributed by atoms with van der Waals surface area (Å²) >= 11 is 0. The van der Waals surface area contributed by atoms with E-state index in [-0.39, 0.29) is 17.1 Å². The smallest absolute Gasteiger partial charge is 0.399 e. The number of benzene rings is 1. The van der Waals surface area contributed by atoms with Crippen molar-refractivity contribution in [1.29, 1.82) is 0 Å². The first kappa shape index (κ1) is 15.1. The molecule has 0 aliphatic carbocycles. The normalized spacial score (nSPS) is 20.0. The Labute approximate surface area is 121 Å². The highest BCUT2D eigenvalue weighted by Gasteiger charge is 2.51. The van der Waals surface area contributed by atoms with E-state index in [1.54, 1.807) is 7.05 Å². The Kier molecular flexibility index (Phi) is 3.69. The SMILES string of the molecule is CNC(=O)c1ccc(B2OC(C)(C)C(C)(C)O2)cc1C. The van der Waals surface area contributed by atoms with Gasteiger partial charge in [-0.05, 0) is 51.7 Å². The van der Waals surface area contributed by atoms with Gasteiger partial charge in [0.2, 0.25) is 0 Å². The minimum Gasteiger partial charge on any atom is -0.399 e. The second-order valence-corrected chi connectivity index (χ2v) is 6.24. The van der Waals surface area contributed by atoms with Crippen LogP contribution < -0.4 is 10.8 Å². The van der Waals surface area contributed by atoms with Crippen LogP contribution in [0.5, 0.6) is 0 Å². The second kappa shape index (κ2) is 4.90. The highest BCUT2D eigenvalue weighted by molar-refractivity contribution is 6.62. The molecule has 1 aromatic rings. The van der Waals surface area contributed by atoms with Crippen molar-refractivity contribution in [3.63, 3.8) is 0 Å². The van der Waals surface area contributed by atoms with Crippen molar-refractivity contribution in [2.24, 2.45) is 0 Å². The van der Waals surface area contributed by atoms with Gasteiger partial charge in [-0.2, -0.15) is 0 Å². The van der Waals surface area contributed by atoms with Gasteiger partial charge < -0.3 is 14.6 Å². The van der Waals surface area contributed by atoms with Gasteiger partial charge in [0.1, 0.15) is 0 Å². The number of carbonyl (C=O) groups is 1. The zero-order valence-electron chi connectivity index (χ0n) is 13.0. The lowest BCUT2D eigenvalue weighted by Gasteiger charge is -2.32. The van der Waals surface area contributed by atoms with E-state index in [0.717, 1.165) is 11.0 Å². The second-order valence-electron chi connectivity index (χ2n) is 6.24. The van der Waals surface area contributed by atoms with Gasteiger partial charge in [0.05, 0.1) is 11.2 Å². The maximum absolute atomic E-state index is 11.7. The number of rotatable bonds is 2. The highest BCUT2D eigenvalue weighted by atomic mass is 16.7. The standard InChI is InChI=1S/C15H22BNO3/c1-10-9-11(7-8-12(10)13(18)17-6)16-19-14(2,3)15(4,5)20-16/h7-9H,1-6H3,(H,17,18). The van der Waals surface area contributed by atoms with Crippen LogP contribution in [0.25, 0.3) is 0 Å². The highest BCUT2D eigenvalue weighted by Crippen LogP contribution is 2.36. The zero-order valence-corrected chi connectivity index (χ0v) is 13.0. The maximum atomic E-state index is 11.7. The van der Waals surface area contributed by atoms with E-state index in [2.05, 4.69) is 5.32 Å². The van der Waals surface area contributed by atoms with Crippen molar-refractivity contribution in [3.8, 4) is 0 Å². The average Bonchev–Trinajstić information content (AvgIpc) is 2.57. The minimum atomic E-state index is -0.391. The monoisotopic (exact) mass is 275 g/mol. The molecule has 5 heteroatoms. The summed E-state index contributed by atoms with van der Waals surface area (Å²) in [5, 5.41) is 2.64. The summed E-state index contributed by atoms with van der Waals surface area (Å²) in [7, 11) is 1.24. The molecule has 1 aliphatic heterocycles. The summed E-state index contributed by atoms with van der Waals surface area (Å²) in [5.41, 5.74) is 1.81. The molecule has 1 amide bonds. The Balaban J connectivity index is 2.28. The van der Waals surface area contributed by atoms with E-state index >= 15 is 0 Å². The summed E-state index contributed by atoms with van der Waals surface area (Å²) in [6.45, 7) is 10.0. The number of hydrogen-bond donors (Lipinski definition) is 1. The quantitative estimate of drug-likeness (QED) is 0.835. The van der Waals surface area contributed by atoms with Crippen LogP contribution in [0.4, 0.5) is 0 Å². The molecule has 1 heterocycles. The van der Waals surface area contributed by atoms with Crippen LogP contribution in [-0.4, -0.2) is 31.3 Å². The lowest BCUT2D eigenvalue weighted by atomic mass is 9.78. The van der Waals surface area contributed by atoms with E-state index in [0.29, 0.717) is 5.56 Å². The van der Waals surface area contributed by atoms with Crippen molar-refractivity contribution in [2.75, 3.05) is 7.05 Å². The van der Waals surface area contributed by atoms with Crippen LogP contribution >= 0.6 is 0 Å². The average molecular weight is 275 g/mol. The lowest BCUT2D eigenvalue weighted by Crippen LogP contribution is -2.41. The summed E-state index contributed by atoms with van der Waals surface area (Å²) < 4.78 is 12.0. The van der Waals surface area contributed by atoms with Gasteiger partial charge in [-0.15, -0.1) is 0 Å². The van der Waals surface area contributed by atoms with Crippen LogP contribution in [0.15, 0.2) is 18.2 Å². The molecular formula is C15H22BNO3. The molecule has 1 aliphatic rings. The molecule has 1 saturated heterocycles. The third-order valence-electron chi connectivity index (χ3n) is 4.25. The van der Waals surface area contributed by atoms with E-state index in [4.69, 9.17) is 9.31 Å². The Bertz CT molecular complexity index is 524. The van der Waals surface area contributed by atoms with Crippen LogP contribution in [-0.2, 0) is 9.31 Å². The van der Waals surface area contributed by atoms with Crippen LogP contribution in [0.2, 0.25) is 0 Å². The van der Waals surface area contributed by atoms with Gasteiger partial charge in [-0.25, -0.2) is 0 Å². The van der Waals surface area contributed by atoms with Gasteiger partial charge in [0, 0.05) is 12.6 Å². The third kappa shape index (κ3) is 2.48. The van der Waals surface area contributed by atoms with Crippen molar-refractivity contribution in [3.05, 3.63) is 29.3 Å². The van der Waals surface area contributed by atoms with Gasteiger partial charge in [0.15, 0.2) is 0 Å². The van der Waals surface area contributed by atoms with Crippen LogP contribution in [0.1, 0.15) is 43.6 Å². The number of nitrogens with one attached hydrogen (secondary N) is 1. The molecule has 0 bridgehead atoms. The van der Waals surface area contributed by atoms with Crippen LogP contribution in [0, 0.1) is 6.92 Å². The Morgan fingerprint density at radius 1 is 1.15 bits per heavy atom. The predicted molar refractivity (Wildman–Crippen MR) is 80.3 cm³/mol. The van der Waals surface area contributed by atoms with Crippen molar-refractivity contribution >= 4 is 18.5 Å². The largest absolute Gasteiger partial charge is 0.494 e. The number of hydrogen-bond acceptors (Lipinski definition) is 3. The zero-order chi connectivity index (χ0) is 15.1. The molecule has 1 N–H and O–H groups in total. The number of amides is 1. The van der Waals surface area contributed by atoms with Crippen molar-refractivity contribution in [2.45, 2.75) is 45.8 Å².